The predicted molar refractivity (Wildman–Crippen MR) is 134 cm³/mol. The van der Waals surface area contributed by atoms with E-state index in [2.05, 4.69) is 17.1 Å². The molecule has 0 aliphatic carbocycles. The number of benzene rings is 4. The van der Waals surface area contributed by atoms with Crippen LogP contribution in [-0.4, -0.2) is 15.2 Å². The van der Waals surface area contributed by atoms with Crippen molar-refractivity contribution in [3.8, 4) is 32.5 Å². The molecular weight excluding hydrogens is 500 g/mol. The molecule has 33 heavy (non-hydrogen) atoms. The van der Waals surface area contributed by atoms with Gasteiger partial charge in [-0.05, 0) is 40.6 Å². The molecule has 0 saturated heterocycles. The average Bonchev–Trinajstić information content (AvgIpc) is 3.44. The number of para-hydroxylation sites is 3. The van der Waals surface area contributed by atoms with Gasteiger partial charge in [0.2, 0.25) is 0 Å². The minimum Gasteiger partial charge on any atom is -0.517 e. The van der Waals surface area contributed by atoms with Crippen LogP contribution in [0, 0.1) is 6.07 Å². The molecule has 0 amide bonds. The van der Waals surface area contributed by atoms with Gasteiger partial charge in [0, 0.05) is 19.5 Å². The maximum atomic E-state index is 9.78. The maximum absolute atomic E-state index is 9.78. The van der Waals surface area contributed by atoms with Gasteiger partial charge in [0.25, 0.3) is 0 Å². The van der Waals surface area contributed by atoms with Crippen LogP contribution in [0.4, 0.5) is 0 Å². The van der Waals surface area contributed by atoms with Crippen LogP contribution < -0.4 is 0 Å². The molecule has 6 aromatic rings. The van der Waals surface area contributed by atoms with Crippen LogP contribution >= 0.6 is 22.7 Å². The van der Waals surface area contributed by atoms with Crippen molar-refractivity contribution in [1.82, 2.24) is 4.98 Å². The molecule has 6 heteroatoms. The van der Waals surface area contributed by atoms with Crippen molar-refractivity contribution in [3.05, 3.63) is 103 Å². The summed E-state index contributed by atoms with van der Waals surface area (Å²) in [6.07, 6.45) is 0. The molecule has 0 bridgehead atoms. The van der Waals surface area contributed by atoms with Crippen LogP contribution in [0.15, 0.2) is 97.1 Å². The fourth-order valence-corrected chi connectivity index (χ4v) is 5.39. The minimum atomic E-state index is 0. The van der Waals surface area contributed by atoms with E-state index >= 15 is 0 Å². The number of rotatable bonds is 2. The average molecular weight is 518 g/mol. The first-order valence-corrected chi connectivity index (χ1v) is 11.7. The summed E-state index contributed by atoms with van der Waals surface area (Å²) < 4.78 is 2.33. The van der Waals surface area contributed by atoms with Gasteiger partial charge in [0.1, 0.15) is 10.8 Å². The molecule has 4 aromatic carbocycles. The van der Waals surface area contributed by atoms with E-state index in [1.54, 1.807) is 34.8 Å². The summed E-state index contributed by atoms with van der Waals surface area (Å²) in [6.45, 7) is 0. The Morgan fingerprint density at radius 2 is 1.18 bits per heavy atom. The van der Waals surface area contributed by atoms with Crippen LogP contribution in [0.3, 0.4) is 0 Å². The Hall–Kier alpha value is -3.05. The molecule has 0 radical (unpaired) electrons. The van der Waals surface area contributed by atoms with Crippen LogP contribution in [0.25, 0.3) is 41.3 Å². The van der Waals surface area contributed by atoms with Gasteiger partial charge in [-0.3, -0.25) is 0 Å². The summed E-state index contributed by atoms with van der Waals surface area (Å²) in [5.41, 5.74) is 2.62. The topological polar surface area (TPSA) is 53.4 Å². The Kier molecular flexibility index (Phi) is 7.19. The van der Waals surface area contributed by atoms with E-state index in [-0.39, 0.29) is 25.2 Å². The van der Waals surface area contributed by atoms with Crippen LogP contribution in [0.2, 0.25) is 0 Å². The van der Waals surface area contributed by atoms with Crippen LogP contribution in [-0.2, 0) is 19.5 Å². The number of phenolic OH excluding ortho intramolecular Hbond substituents is 2. The summed E-state index contributed by atoms with van der Waals surface area (Å²) in [7, 11) is 0. The SMILES string of the molecule is Oc1ccccc1-c1[c-]c2ccccc2s1.Oc1ccccc1-c1nc2ccccc2s1.[Zn]. The normalized spacial score (nSPS) is 10.4. The standard InChI is InChI=1S/C14H9OS.C13H9NOS.Zn/c15-12-7-3-2-6-11(12)14-9-10-5-1-4-8-13(10)16-14;15-11-7-3-1-5-9(11)13-14-10-6-2-4-8-12(10)16-13;/h2*1-8,15H;/q-1;;. The third kappa shape index (κ3) is 4.99. The molecule has 158 valence electrons. The number of fused-ring (bicyclic) bond motifs is 2. The van der Waals surface area contributed by atoms with E-state index in [1.165, 1.54) is 4.70 Å². The summed E-state index contributed by atoms with van der Waals surface area (Å²) in [6, 6.07) is 34.1. The quantitative estimate of drug-likeness (QED) is 0.182. The first-order valence-electron chi connectivity index (χ1n) is 10.0. The maximum Gasteiger partial charge on any atom is 0.128 e. The molecule has 0 aliphatic rings. The van der Waals surface area contributed by atoms with Gasteiger partial charge in [-0.1, -0.05) is 59.5 Å². The summed E-state index contributed by atoms with van der Waals surface area (Å²) in [4.78, 5) is 5.49. The second kappa shape index (κ2) is 10.3. The molecule has 0 fully saturated rings. The Bertz CT molecular complexity index is 1340. The van der Waals surface area contributed by atoms with E-state index in [4.69, 9.17) is 0 Å². The van der Waals surface area contributed by atoms with Gasteiger partial charge in [0.05, 0.1) is 21.5 Å². The fraction of sp³-hybridized carbons (Fsp3) is 0. The summed E-state index contributed by atoms with van der Waals surface area (Å²) in [5.74, 6) is 0.590. The number of hydrogen-bond donors (Lipinski definition) is 2. The number of phenols is 2. The molecule has 2 N–H and O–H groups in total. The number of hydrogen-bond acceptors (Lipinski definition) is 5. The number of thiophene rings is 1. The molecule has 0 spiro atoms. The van der Waals surface area contributed by atoms with Crippen molar-refractivity contribution in [2.45, 2.75) is 0 Å². The molecule has 0 aliphatic heterocycles. The molecule has 0 atom stereocenters. The number of aromatic hydroxyl groups is 2. The zero-order valence-corrected chi connectivity index (χ0v) is 22.2. The Balaban J connectivity index is 0.000000152. The molecule has 0 unspecified atom stereocenters. The third-order valence-electron chi connectivity index (χ3n) is 4.92. The molecular formula is C27H18NO2S2Zn-. The second-order valence-electron chi connectivity index (χ2n) is 7.07. The van der Waals surface area contributed by atoms with Crippen molar-refractivity contribution >= 4 is 43.0 Å². The van der Waals surface area contributed by atoms with E-state index in [0.717, 1.165) is 36.6 Å². The van der Waals surface area contributed by atoms with Gasteiger partial charge in [-0.25, -0.2) is 16.3 Å². The zero-order valence-electron chi connectivity index (χ0n) is 17.6. The van der Waals surface area contributed by atoms with Crippen LogP contribution in [0.1, 0.15) is 0 Å². The van der Waals surface area contributed by atoms with Crippen molar-refractivity contribution in [2.24, 2.45) is 0 Å². The molecule has 3 nitrogen and oxygen atoms in total. The predicted octanol–water partition coefficient (Wildman–Crippen LogP) is 7.74. The monoisotopic (exact) mass is 516 g/mol. The van der Waals surface area contributed by atoms with Gasteiger partial charge < -0.3 is 10.2 Å². The smallest absolute Gasteiger partial charge is 0.128 e. The van der Waals surface area contributed by atoms with Gasteiger partial charge in [0.15, 0.2) is 0 Å². The minimum absolute atomic E-state index is 0. The second-order valence-corrected chi connectivity index (χ2v) is 9.16. The van der Waals surface area contributed by atoms with E-state index in [0.29, 0.717) is 5.75 Å². The van der Waals surface area contributed by atoms with Crippen molar-refractivity contribution in [3.63, 3.8) is 0 Å². The Morgan fingerprint density at radius 3 is 1.85 bits per heavy atom. The molecule has 6 rings (SSSR count). The largest absolute Gasteiger partial charge is 0.517 e. The first-order chi connectivity index (χ1) is 15.7. The van der Waals surface area contributed by atoms with Gasteiger partial charge in [-0.15, -0.1) is 34.9 Å². The number of aromatic nitrogens is 1. The first kappa shape index (κ1) is 23.1. The molecule has 2 aromatic heterocycles. The van der Waals surface area contributed by atoms with E-state index < -0.39 is 0 Å². The summed E-state index contributed by atoms with van der Waals surface area (Å²) in [5, 5.41) is 21.5. The fourth-order valence-electron chi connectivity index (χ4n) is 3.35. The molecule has 0 saturated carbocycles. The molecule has 2 heterocycles. The van der Waals surface area contributed by atoms with Crippen molar-refractivity contribution in [1.29, 1.82) is 0 Å². The Labute approximate surface area is 212 Å². The van der Waals surface area contributed by atoms with E-state index in [9.17, 15) is 10.2 Å². The number of nitrogens with zero attached hydrogens (tertiary/aromatic N) is 1. The van der Waals surface area contributed by atoms with E-state index in [1.807, 2.05) is 78.9 Å². The zero-order chi connectivity index (χ0) is 21.9. The third-order valence-corrected chi connectivity index (χ3v) is 7.10. The Morgan fingerprint density at radius 1 is 0.606 bits per heavy atom. The summed E-state index contributed by atoms with van der Waals surface area (Å²) >= 11 is 3.24. The van der Waals surface area contributed by atoms with Gasteiger partial charge >= 0.3 is 0 Å². The van der Waals surface area contributed by atoms with Gasteiger partial charge in [-0.2, -0.15) is 0 Å². The van der Waals surface area contributed by atoms with Crippen molar-refractivity contribution in [2.75, 3.05) is 0 Å². The number of thiazole rings is 1. The van der Waals surface area contributed by atoms with Crippen molar-refractivity contribution < 1.29 is 29.7 Å². The van der Waals surface area contributed by atoms with Crippen LogP contribution in [0.5, 0.6) is 11.5 Å².